The molecule has 0 saturated carbocycles. The number of oxazole rings is 1. The molecule has 0 unspecified atom stereocenters. The Morgan fingerprint density at radius 3 is 2.75 bits per heavy atom. The van der Waals surface area contributed by atoms with Gasteiger partial charge in [-0.15, -0.1) is 0 Å². The molecule has 0 bridgehead atoms. The maximum absolute atomic E-state index is 13.8. The summed E-state index contributed by atoms with van der Waals surface area (Å²) in [5.74, 6) is 0.230. The van der Waals surface area contributed by atoms with Gasteiger partial charge in [-0.1, -0.05) is 0 Å². The minimum atomic E-state index is -0.423. The number of hydrogen-bond donors (Lipinski definition) is 1. The number of nitrogens with zero attached hydrogens (tertiary/aromatic N) is 1. The largest absolute Gasteiger partial charge is 0.496 e. The van der Waals surface area contributed by atoms with Gasteiger partial charge in [0.05, 0.1) is 18.9 Å². The zero-order valence-electron chi connectivity index (χ0n) is 8.95. The van der Waals surface area contributed by atoms with Gasteiger partial charge in [-0.2, -0.15) is 0 Å². The summed E-state index contributed by atoms with van der Waals surface area (Å²) in [6, 6.07) is 3.12. The predicted molar refractivity (Wildman–Crippen MR) is 57.6 cm³/mol. The van der Waals surface area contributed by atoms with Crippen LogP contribution in [0.1, 0.15) is 5.56 Å². The number of methoxy groups -OCH3 is 1. The third kappa shape index (κ3) is 1.71. The van der Waals surface area contributed by atoms with E-state index in [0.29, 0.717) is 5.75 Å². The average molecular weight is 222 g/mol. The molecule has 0 spiro atoms. The molecule has 0 fully saturated rings. The minimum absolute atomic E-state index is 0.00275. The lowest BCUT2D eigenvalue weighted by molar-refractivity contribution is 0.411. The highest BCUT2D eigenvalue weighted by Crippen LogP contribution is 2.34. The average Bonchev–Trinajstić information content (AvgIpc) is 2.63. The van der Waals surface area contributed by atoms with Crippen LogP contribution in [0.4, 0.5) is 10.4 Å². The van der Waals surface area contributed by atoms with Crippen LogP contribution in [0, 0.1) is 12.7 Å². The molecule has 2 rings (SSSR count). The summed E-state index contributed by atoms with van der Waals surface area (Å²) in [7, 11) is 1.47. The zero-order valence-corrected chi connectivity index (χ0v) is 8.95. The van der Waals surface area contributed by atoms with Gasteiger partial charge < -0.3 is 14.9 Å². The quantitative estimate of drug-likeness (QED) is 0.847. The van der Waals surface area contributed by atoms with E-state index in [1.807, 2.05) is 0 Å². The number of aromatic nitrogens is 1. The van der Waals surface area contributed by atoms with Crippen molar-refractivity contribution in [3.8, 4) is 17.1 Å². The highest BCUT2D eigenvalue weighted by Gasteiger charge is 2.16. The zero-order chi connectivity index (χ0) is 11.7. The molecule has 0 aliphatic heterocycles. The summed E-state index contributed by atoms with van der Waals surface area (Å²) < 4.78 is 24.0. The molecule has 84 valence electrons. The number of benzene rings is 1. The first-order chi connectivity index (χ1) is 7.61. The fourth-order valence-corrected chi connectivity index (χ4v) is 1.51. The minimum Gasteiger partial charge on any atom is -0.496 e. The molecule has 1 heterocycles. The molecule has 1 aromatic heterocycles. The maximum Gasteiger partial charge on any atom is 0.292 e. The Morgan fingerprint density at radius 2 is 2.19 bits per heavy atom. The number of nitrogen functional groups attached to an aromatic ring is 1. The highest BCUT2D eigenvalue weighted by atomic mass is 19.1. The molecule has 0 amide bonds. The molecule has 0 saturated heterocycles. The summed E-state index contributed by atoms with van der Waals surface area (Å²) in [5.41, 5.74) is 6.35. The van der Waals surface area contributed by atoms with Crippen molar-refractivity contribution in [3.63, 3.8) is 0 Å². The van der Waals surface area contributed by atoms with Crippen LogP contribution in [-0.2, 0) is 0 Å². The SMILES string of the molecule is COc1cc(C)cc(F)c1-c1cnc(N)o1. The molecule has 5 heteroatoms. The Hall–Kier alpha value is -2.04. The molecular formula is C11H11FN2O2. The molecule has 0 radical (unpaired) electrons. The van der Waals surface area contributed by atoms with Crippen LogP contribution in [-0.4, -0.2) is 12.1 Å². The first-order valence-electron chi connectivity index (χ1n) is 4.67. The molecule has 2 N–H and O–H groups in total. The molecule has 0 aliphatic carbocycles. The lowest BCUT2D eigenvalue weighted by Crippen LogP contribution is -1.92. The van der Waals surface area contributed by atoms with Gasteiger partial charge in [0.2, 0.25) is 0 Å². The van der Waals surface area contributed by atoms with Gasteiger partial charge >= 0.3 is 0 Å². The Bertz CT molecular complexity index is 523. The molecule has 0 aliphatic rings. The number of aryl methyl sites for hydroxylation is 1. The smallest absolute Gasteiger partial charge is 0.292 e. The molecule has 0 atom stereocenters. The second-order valence-corrected chi connectivity index (χ2v) is 3.39. The number of rotatable bonds is 2. The van der Waals surface area contributed by atoms with E-state index in [9.17, 15) is 4.39 Å². The van der Waals surface area contributed by atoms with Gasteiger partial charge in [0, 0.05) is 0 Å². The first kappa shape index (κ1) is 10.5. The predicted octanol–water partition coefficient (Wildman–Crippen LogP) is 2.38. The fourth-order valence-electron chi connectivity index (χ4n) is 1.51. The van der Waals surface area contributed by atoms with Gasteiger partial charge in [0.15, 0.2) is 5.76 Å². The number of ether oxygens (including phenoxy) is 1. The van der Waals surface area contributed by atoms with Crippen molar-refractivity contribution >= 4 is 6.01 Å². The molecular weight excluding hydrogens is 211 g/mol. The summed E-state index contributed by atoms with van der Waals surface area (Å²) >= 11 is 0. The Morgan fingerprint density at radius 1 is 1.44 bits per heavy atom. The van der Waals surface area contributed by atoms with Crippen molar-refractivity contribution in [2.24, 2.45) is 0 Å². The van der Waals surface area contributed by atoms with E-state index in [2.05, 4.69) is 4.98 Å². The third-order valence-electron chi connectivity index (χ3n) is 2.19. The van der Waals surface area contributed by atoms with Crippen molar-refractivity contribution in [2.45, 2.75) is 6.92 Å². The number of hydrogen-bond acceptors (Lipinski definition) is 4. The molecule has 1 aromatic carbocycles. The monoisotopic (exact) mass is 222 g/mol. The van der Waals surface area contributed by atoms with Gasteiger partial charge in [-0.25, -0.2) is 9.37 Å². The van der Waals surface area contributed by atoms with Crippen molar-refractivity contribution < 1.29 is 13.5 Å². The topological polar surface area (TPSA) is 61.3 Å². The van der Waals surface area contributed by atoms with Crippen molar-refractivity contribution in [2.75, 3.05) is 12.8 Å². The number of halogens is 1. The third-order valence-corrected chi connectivity index (χ3v) is 2.19. The van der Waals surface area contributed by atoms with E-state index in [0.717, 1.165) is 5.56 Å². The Balaban J connectivity index is 2.63. The van der Waals surface area contributed by atoms with Crippen molar-refractivity contribution in [1.29, 1.82) is 0 Å². The van der Waals surface area contributed by atoms with E-state index < -0.39 is 5.82 Å². The lowest BCUT2D eigenvalue weighted by Gasteiger charge is -2.08. The summed E-state index contributed by atoms with van der Waals surface area (Å²) in [4.78, 5) is 3.72. The normalized spacial score (nSPS) is 10.4. The standard InChI is InChI=1S/C11H11FN2O2/c1-6-3-7(12)10(8(4-6)15-2)9-5-14-11(13)16-9/h3-5H,1-2H3,(H2,13,14). The summed E-state index contributed by atoms with van der Waals surface area (Å²) in [6.07, 6.45) is 1.37. The van der Waals surface area contributed by atoms with Crippen LogP contribution < -0.4 is 10.5 Å². The first-order valence-corrected chi connectivity index (χ1v) is 4.67. The number of anilines is 1. The fraction of sp³-hybridized carbons (Fsp3) is 0.182. The second kappa shape index (κ2) is 3.84. The lowest BCUT2D eigenvalue weighted by atomic mass is 10.1. The van der Waals surface area contributed by atoms with Crippen LogP contribution in [0.2, 0.25) is 0 Å². The van der Waals surface area contributed by atoms with E-state index in [-0.39, 0.29) is 17.3 Å². The van der Waals surface area contributed by atoms with Crippen LogP contribution in [0.5, 0.6) is 5.75 Å². The van der Waals surface area contributed by atoms with E-state index in [4.69, 9.17) is 14.9 Å². The highest BCUT2D eigenvalue weighted by molar-refractivity contribution is 5.67. The van der Waals surface area contributed by atoms with Crippen molar-refractivity contribution in [3.05, 3.63) is 29.7 Å². The number of nitrogens with two attached hydrogens (primary N) is 1. The Kier molecular flexibility index (Phi) is 2.52. The van der Waals surface area contributed by atoms with Gasteiger partial charge in [-0.05, 0) is 24.6 Å². The molecule has 4 nitrogen and oxygen atoms in total. The van der Waals surface area contributed by atoms with E-state index in [1.54, 1.807) is 13.0 Å². The second-order valence-electron chi connectivity index (χ2n) is 3.39. The summed E-state index contributed by atoms with van der Waals surface area (Å²) in [5, 5.41) is 0. The summed E-state index contributed by atoms with van der Waals surface area (Å²) in [6.45, 7) is 1.78. The van der Waals surface area contributed by atoms with Gasteiger partial charge in [0.1, 0.15) is 11.6 Å². The van der Waals surface area contributed by atoms with Crippen LogP contribution >= 0.6 is 0 Å². The van der Waals surface area contributed by atoms with E-state index >= 15 is 0 Å². The van der Waals surface area contributed by atoms with E-state index in [1.165, 1.54) is 19.4 Å². The van der Waals surface area contributed by atoms with Crippen LogP contribution in [0.15, 0.2) is 22.7 Å². The van der Waals surface area contributed by atoms with Crippen LogP contribution in [0.25, 0.3) is 11.3 Å². The van der Waals surface area contributed by atoms with Gasteiger partial charge in [0.25, 0.3) is 6.01 Å². The maximum atomic E-state index is 13.8. The molecule has 2 aromatic rings. The molecule has 16 heavy (non-hydrogen) atoms. The van der Waals surface area contributed by atoms with Crippen LogP contribution in [0.3, 0.4) is 0 Å². The van der Waals surface area contributed by atoms with Crippen molar-refractivity contribution in [1.82, 2.24) is 4.98 Å². The Labute approximate surface area is 91.9 Å². The van der Waals surface area contributed by atoms with Gasteiger partial charge in [-0.3, -0.25) is 0 Å².